The number of aliphatic hydroxyl groups excluding tert-OH is 2. The molecule has 1 aromatic heterocycles. The van der Waals surface area contributed by atoms with Gasteiger partial charge in [0.25, 0.3) is 11.5 Å². The van der Waals surface area contributed by atoms with Crippen LogP contribution in [-0.2, 0) is 19.5 Å². The maximum atomic E-state index is 13.2. The van der Waals surface area contributed by atoms with Gasteiger partial charge in [-0.05, 0) is 23.8 Å². The fourth-order valence-electron chi connectivity index (χ4n) is 4.17. The lowest BCUT2D eigenvalue weighted by atomic mass is 10.1. The normalized spacial score (nSPS) is 13.8. The number of nitrogens with zero attached hydrogens (tertiary/aromatic N) is 4. The van der Waals surface area contributed by atoms with Gasteiger partial charge in [0.05, 0.1) is 24.1 Å². The summed E-state index contributed by atoms with van der Waals surface area (Å²) < 4.78 is 1.75. The van der Waals surface area contributed by atoms with Crippen molar-refractivity contribution >= 4 is 29.2 Å². The number of aromatic nitrogens is 2. The third-order valence-electron chi connectivity index (χ3n) is 5.85. The van der Waals surface area contributed by atoms with E-state index in [1.807, 2.05) is 18.2 Å². The Morgan fingerprint density at radius 1 is 1.00 bits per heavy atom. The quantitative estimate of drug-likeness (QED) is 0.538. The zero-order valence-electron chi connectivity index (χ0n) is 18.4. The first-order valence-corrected chi connectivity index (χ1v) is 10.9. The second kappa shape index (κ2) is 11.4. The van der Waals surface area contributed by atoms with Crippen LogP contribution in [0.25, 0.3) is 10.9 Å². The Balaban J connectivity index is 0.00000306. The lowest BCUT2D eigenvalue weighted by Gasteiger charge is -2.20. The van der Waals surface area contributed by atoms with Gasteiger partial charge < -0.3 is 15.1 Å². The molecule has 2 aromatic carbocycles. The van der Waals surface area contributed by atoms with Crippen molar-refractivity contribution in [3.63, 3.8) is 0 Å². The number of carbonyl (C=O) groups excluding carboxylic acids is 1. The fourth-order valence-corrected chi connectivity index (χ4v) is 4.17. The van der Waals surface area contributed by atoms with Crippen LogP contribution in [0.2, 0.25) is 0 Å². The Labute approximate surface area is 198 Å². The molecule has 0 spiro atoms. The van der Waals surface area contributed by atoms with Crippen LogP contribution < -0.4 is 5.56 Å². The van der Waals surface area contributed by atoms with Gasteiger partial charge in [-0.2, -0.15) is 0 Å². The molecule has 0 aliphatic carbocycles. The van der Waals surface area contributed by atoms with Crippen molar-refractivity contribution in [1.82, 2.24) is 19.4 Å². The van der Waals surface area contributed by atoms with E-state index in [4.69, 9.17) is 4.98 Å². The van der Waals surface area contributed by atoms with Crippen LogP contribution in [0.5, 0.6) is 0 Å². The Kier molecular flexibility index (Phi) is 8.57. The Bertz CT molecular complexity index is 1150. The Morgan fingerprint density at radius 3 is 2.42 bits per heavy atom. The minimum Gasteiger partial charge on any atom is -0.395 e. The molecule has 0 saturated carbocycles. The predicted octanol–water partition coefficient (Wildman–Crippen LogP) is 1.30. The van der Waals surface area contributed by atoms with Gasteiger partial charge in [0, 0.05) is 51.3 Å². The van der Waals surface area contributed by atoms with Crippen LogP contribution >= 0.6 is 12.4 Å². The monoisotopic (exact) mass is 472 g/mol. The molecule has 4 rings (SSSR count). The maximum absolute atomic E-state index is 13.2. The van der Waals surface area contributed by atoms with Crippen molar-refractivity contribution in [2.75, 3.05) is 39.4 Å². The van der Waals surface area contributed by atoms with E-state index in [2.05, 4.69) is 17.0 Å². The van der Waals surface area contributed by atoms with E-state index in [0.29, 0.717) is 29.4 Å². The zero-order valence-corrected chi connectivity index (χ0v) is 19.2. The fraction of sp³-hybridized carbons (Fsp3) is 0.375. The SMILES string of the molecule is Cl.O=C(c1ccc2c(=O)n3c(nc2c1)CCN(Cc1ccccc1)CC3)N(CCO)CCO. The molecular weight excluding hydrogens is 444 g/mol. The Hall–Kier alpha value is -2.78. The van der Waals surface area contributed by atoms with Gasteiger partial charge in [0.1, 0.15) is 5.82 Å². The van der Waals surface area contributed by atoms with Gasteiger partial charge in [0.2, 0.25) is 0 Å². The van der Waals surface area contributed by atoms with Crippen LogP contribution in [0.4, 0.5) is 0 Å². The molecule has 1 amide bonds. The third kappa shape index (κ3) is 5.59. The average molecular weight is 473 g/mol. The number of amides is 1. The van der Waals surface area contributed by atoms with Crippen LogP contribution in [0.1, 0.15) is 21.7 Å². The first-order chi connectivity index (χ1) is 15.6. The summed E-state index contributed by atoms with van der Waals surface area (Å²) >= 11 is 0. The zero-order chi connectivity index (χ0) is 22.5. The van der Waals surface area contributed by atoms with E-state index in [1.54, 1.807) is 22.8 Å². The van der Waals surface area contributed by atoms with Gasteiger partial charge in [-0.15, -0.1) is 12.4 Å². The topological polar surface area (TPSA) is 98.9 Å². The van der Waals surface area contributed by atoms with E-state index in [1.165, 1.54) is 10.5 Å². The summed E-state index contributed by atoms with van der Waals surface area (Å²) in [7, 11) is 0. The van der Waals surface area contributed by atoms with Crippen molar-refractivity contribution in [2.45, 2.75) is 19.5 Å². The largest absolute Gasteiger partial charge is 0.395 e. The summed E-state index contributed by atoms with van der Waals surface area (Å²) in [5.41, 5.74) is 2.03. The van der Waals surface area contributed by atoms with E-state index < -0.39 is 0 Å². The molecule has 176 valence electrons. The molecule has 0 atom stereocenters. The standard InChI is InChI=1S/C24H28N4O4.ClH/c29-14-12-27(13-15-30)23(31)19-6-7-20-21(16-19)25-22-8-9-26(10-11-28(22)24(20)32)17-18-4-2-1-3-5-18;/h1-7,16,29-30H,8-15,17H2;1H. The molecule has 2 heterocycles. The van der Waals surface area contributed by atoms with Gasteiger partial charge >= 0.3 is 0 Å². The lowest BCUT2D eigenvalue weighted by molar-refractivity contribution is 0.0685. The second-order valence-electron chi connectivity index (χ2n) is 7.97. The number of fused-ring (bicyclic) bond motifs is 2. The van der Waals surface area contributed by atoms with Crippen molar-refractivity contribution in [1.29, 1.82) is 0 Å². The molecule has 0 unspecified atom stereocenters. The number of hydrogen-bond donors (Lipinski definition) is 2. The van der Waals surface area contributed by atoms with Crippen molar-refractivity contribution in [2.24, 2.45) is 0 Å². The summed E-state index contributed by atoms with van der Waals surface area (Å²) in [5.74, 6) is 0.422. The number of aliphatic hydroxyl groups is 2. The molecule has 2 N–H and O–H groups in total. The highest BCUT2D eigenvalue weighted by atomic mass is 35.5. The van der Waals surface area contributed by atoms with Crippen molar-refractivity contribution in [3.05, 3.63) is 75.8 Å². The number of benzene rings is 2. The number of rotatable bonds is 7. The second-order valence-corrected chi connectivity index (χ2v) is 7.97. The molecule has 1 aliphatic rings. The molecule has 0 radical (unpaired) electrons. The van der Waals surface area contributed by atoms with E-state index in [0.717, 1.165) is 25.5 Å². The highest BCUT2D eigenvalue weighted by Crippen LogP contribution is 2.16. The van der Waals surface area contributed by atoms with Gasteiger partial charge in [-0.3, -0.25) is 19.1 Å². The van der Waals surface area contributed by atoms with Crippen molar-refractivity contribution < 1.29 is 15.0 Å². The van der Waals surface area contributed by atoms with Crippen molar-refractivity contribution in [3.8, 4) is 0 Å². The Morgan fingerprint density at radius 2 is 1.73 bits per heavy atom. The van der Waals surface area contributed by atoms with Crippen LogP contribution in [-0.4, -0.2) is 74.9 Å². The first kappa shape index (κ1) is 24.9. The van der Waals surface area contributed by atoms with Gasteiger partial charge in [0.15, 0.2) is 0 Å². The van der Waals surface area contributed by atoms with E-state index in [-0.39, 0.29) is 50.2 Å². The minimum absolute atomic E-state index is 0. The third-order valence-corrected chi connectivity index (χ3v) is 5.85. The van der Waals surface area contributed by atoms with E-state index in [9.17, 15) is 19.8 Å². The predicted molar refractivity (Wildman–Crippen MR) is 129 cm³/mol. The molecular formula is C24H29ClN4O4. The minimum atomic E-state index is -0.305. The molecule has 0 saturated heterocycles. The summed E-state index contributed by atoms with van der Waals surface area (Å²) in [4.78, 5) is 34.4. The molecule has 3 aromatic rings. The molecule has 0 fully saturated rings. The summed E-state index contributed by atoms with van der Waals surface area (Å²) in [6.45, 7) is 2.86. The maximum Gasteiger partial charge on any atom is 0.261 e. The summed E-state index contributed by atoms with van der Waals surface area (Å²) in [6.07, 6.45) is 0.650. The lowest BCUT2D eigenvalue weighted by Crippen LogP contribution is -2.36. The van der Waals surface area contributed by atoms with E-state index >= 15 is 0 Å². The van der Waals surface area contributed by atoms with Crippen LogP contribution in [0.15, 0.2) is 53.3 Å². The summed E-state index contributed by atoms with van der Waals surface area (Å²) in [5, 5.41) is 18.9. The molecule has 8 nitrogen and oxygen atoms in total. The molecule has 0 bridgehead atoms. The molecule has 9 heteroatoms. The first-order valence-electron chi connectivity index (χ1n) is 10.9. The highest BCUT2D eigenvalue weighted by molar-refractivity contribution is 5.97. The highest BCUT2D eigenvalue weighted by Gasteiger charge is 2.20. The summed E-state index contributed by atoms with van der Waals surface area (Å²) in [6, 6.07) is 15.2. The van der Waals surface area contributed by atoms with Gasteiger partial charge in [-0.25, -0.2) is 4.98 Å². The molecule has 1 aliphatic heterocycles. The average Bonchev–Trinajstić information content (AvgIpc) is 3.01. The number of carbonyl (C=O) groups is 1. The molecule has 33 heavy (non-hydrogen) atoms. The number of halogens is 1. The van der Waals surface area contributed by atoms with Crippen LogP contribution in [0, 0.1) is 0 Å². The van der Waals surface area contributed by atoms with Gasteiger partial charge in [-0.1, -0.05) is 30.3 Å². The smallest absolute Gasteiger partial charge is 0.261 e. The number of hydrogen-bond acceptors (Lipinski definition) is 6. The van der Waals surface area contributed by atoms with Crippen LogP contribution in [0.3, 0.4) is 0 Å².